The summed E-state index contributed by atoms with van der Waals surface area (Å²) in [6.07, 6.45) is 5.69. The number of pyridine rings is 1. The monoisotopic (exact) mass is 445 g/mol. The maximum Gasteiger partial charge on any atom is 0.161 e. The lowest BCUT2D eigenvalue weighted by Crippen LogP contribution is -2.49. The molecule has 1 saturated heterocycles. The van der Waals surface area contributed by atoms with Gasteiger partial charge in [0.2, 0.25) is 0 Å². The van der Waals surface area contributed by atoms with Crippen LogP contribution >= 0.6 is 0 Å². The normalized spacial score (nSPS) is 16.5. The van der Waals surface area contributed by atoms with E-state index in [0.29, 0.717) is 11.9 Å². The molecule has 0 saturated carbocycles. The van der Waals surface area contributed by atoms with Crippen molar-refractivity contribution in [2.75, 3.05) is 29.9 Å². The van der Waals surface area contributed by atoms with E-state index in [2.05, 4.69) is 51.3 Å². The number of hydrogen-bond donors (Lipinski definition) is 3. The van der Waals surface area contributed by atoms with Gasteiger partial charge in [0.15, 0.2) is 5.82 Å². The summed E-state index contributed by atoms with van der Waals surface area (Å²) >= 11 is 0. The molecule has 5 rings (SSSR count). The molecule has 1 fully saturated rings. The summed E-state index contributed by atoms with van der Waals surface area (Å²) < 4.78 is 13.4. The number of nitrogens with one attached hydrogen (secondary N) is 3. The third-order valence-corrected chi connectivity index (χ3v) is 6.16. The molecule has 1 unspecified atom stereocenters. The molecular weight excluding hydrogens is 417 g/mol. The Morgan fingerprint density at radius 2 is 1.97 bits per heavy atom. The fraction of sp³-hybridized carbons (Fsp3) is 0.320. The average Bonchev–Trinajstić information content (AvgIpc) is 3.25. The molecule has 170 valence electrons. The minimum atomic E-state index is -0.280. The molecule has 33 heavy (non-hydrogen) atoms. The van der Waals surface area contributed by atoms with Crippen LogP contribution in [0.2, 0.25) is 0 Å². The van der Waals surface area contributed by atoms with Crippen LogP contribution < -0.4 is 15.5 Å². The highest BCUT2D eigenvalue weighted by Crippen LogP contribution is 2.36. The number of fused-ring (bicyclic) bond motifs is 1. The van der Waals surface area contributed by atoms with Crippen molar-refractivity contribution in [1.82, 2.24) is 25.3 Å². The van der Waals surface area contributed by atoms with Crippen molar-refractivity contribution in [3.63, 3.8) is 0 Å². The summed E-state index contributed by atoms with van der Waals surface area (Å²) in [6, 6.07) is 8.61. The van der Waals surface area contributed by atoms with Gasteiger partial charge in [0.05, 0.1) is 16.8 Å². The molecule has 3 N–H and O–H groups in total. The first kappa shape index (κ1) is 21.3. The molecular formula is C25H28FN7. The molecule has 0 spiro atoms. The van der Waals surface area contributed by atoms with E-state index in [9.17, 15) is 4.39 Å². The van der Waals surface area contributed by atoms with E-state index in [1.807, 2.05) is 18.5 Å². The zero-order valence-corrected chi connectivity index (χ0v) is 19.1. The Morgan fingerprint density at radius 1 is 1.15 bits per heavy atom. The van der Waals surface area contributed by atoms with E-state index in [-0.39, 0.29) is 11.7 Å². The van der Waals surface area contributed by atoms with Crippen LogP contribution in [0.15, 0.2) is 48.9 Å². The summed E-state index contributed by atoms with van der Waals surface area (Å²) in [7, 11) is 0. The van der Waals surface area contributed by atoms with Crippen molar-refractivity contribution in [2.24, 2.45) is 0 Å². The predicted molar refractivity (Wildman–Crippen MR) is 131 cm³/mol. The predicted octanol–water partition coefficient (Wildman–Crippen LogP) is 4.82. The molecule has 0 radical (unpaired) electrons. The third kappa shape index (κ3) is 4.14. The van der Waals surface area contributed by atoms with E-state index in [4.69, 9.17) is 4.98 Å². The first-order valence-electron chi connectivity index (χ1n) is 11.3. The molecule has 1 aliphatic rings. The molecule has 0 aliphatic carbocycles. The van der Waals surface area contributed by atoms with E-state index < -0.39 is 0 Å². The zero-order chi connectivity index (χ0) is 22.9. The Hall–Kier alpha value is -3.52. The van der Waals surface area contributed by atoms with Gasteiger partial charge in [0.1, 0.15) is 17.3 Å². The molecule has 1 aliphatic heterocycles. The minimum absolute atomic E-state index is 0.228. The van der Waals surface area contributed by atoms with Gasteiger partial charge in [-0.3, -0.25) is 0 Å². The maximum absolute atomic E-state index is 13.4. The SMILES string of the molecule is CC(C)c1cnc(-c2ccc(F)cc2)nc1Nc1ccnc2[nH]cc(N3CCNCC3C)c12. The van der Waals surface area contributed by atoms with Crippen LogP contribution in [0.1, 0.15) is 32.3 Å². The maximum atomic E-state index is 13.4. The molecule has 1 aromatic carbocycles. The highest BCUT2D eigenvalue weighted by atomic mass is 19.1. The first-order valence-corrected chi connectivity index (χ1v) is 11.3. The lowest BCUT2D eigenvalue weighted by atomic mass is 10.1. The van der Waals surface area contributed by atoms with Gasteiger partial charge in [0, 0.05) is 55.4 Å². The van der Waals surface area contributed by atoms with Crippen LogP contribution in [0.25, 0.3) is 22.4 Å². The first-order chi connectivity index (χ1) is 16.0. The number of nitrogens with zero attached hydrogens (tertiary/aromatic N) is 4. The largest absolute Gasteiger partial charge is 0.364 e. The summed E-state index contributed by atoms with van der Waals surface area (Å²) in [5.41, 5.74) is 4.69. The van der Waals surface area contributed by atoms with Gasteiger partial charge in [-0.05, 0) is 43.2 Å². The zero-order valence-electron chi connectivity index (χ0n) is 19.1. The van der Waals surface area contributed by atoms with Gasteiger partial charge in [-0.25, -0.2) is 19.3 Å². The second-order valence-corrected chi connectivity index (χ2v) is 8.79. The van der Waals surface area contributed by atoms with E-state index in [0.717, 1.165) is 59.0 Å². The van der Waals surface area contributed by atoms with Crippen molar-refractivity contribution in [3.05, 3.63) is 60.3 Å². The van der Waals surface area contributed by atoms with E-state index >= 15 is 0 Å². The standard InChI is InChI=1S/C25H28FN7/c1-15(2)19-13-29-23(17-4-6-18(26)7-5-17)32-24(19)31-20-8-9-28-25-22(20)21(14-30-25)33-11-10-27-12-16(33)3/h4-9,13-16,27H,10-12H2,1-3H3,(H2,28,29,30,31,32). The number of rotatable bonds is 5. The molecule has 8 heteroatoms. The van der Waals surface area contributed by atoms with Crippen molar-refractivity contribution in [1.29, 1.82) is 0 Å². The average molecular weight is 446 g/mol. The molecule has 4 heterocycles. The van der Waals surface area contributed by atoms with Crippen LogP contribution in [0, 0.1) is 5.82 Å². The van der Waals surface area contributed by atoms with Gasteiger partial charge in [-0.15, -0.1) is 0 Å². The lowest BCUT2D eigenvalue weighted by Gasteiger charge is -2.35. The minimum Gasteiger partial charge on any atom is -0.364 e. The fourth-order valence-corrected chi connectivity index (χ4v) is 4.35. The number of piperazine rings is 1. The van der Waals surface area contributed by atoms with Gasteiger partial charge in [0.25, 0.3) is 0 Å². The Labute approximate surface area is 192 Å². The van der Waals surface area contributed by atoms with Crippen molar-refractivity contribution < 1.29 is 4.39 Å². The Bertz CT molecular complexity index is 1270. The molecule has 7 nitrogen and oxygen atoms in total. The number of hydrogen-bond acceptors (Lipinski definition) is 6. The van der Waals surface area contributed by atoms with Gasteiger partial charge >= 0.3 is 0 Å². The van der Waals surface area contributed by atoms with Gasteiger partial charge < -0.3 is 20.5 Å². The summed E-state index contributed by atoms with van der Waals surface area (Å²) in [5.74, 6) is 1.24. The van der Waals surface area contributed by atoms with E-state index in [1.165, 1.54) is 12.1 Å². The number of H-pyrrole nitrogens is 1. The van der Waals surface area contributed by atoms with Crippen LogP contribution in [0.5, 0.6) is 0 Å². The molecule has 3 aromatic heterocycles. The van der Waals surface area contributed by atoms with Crippen LogP contribution in [0.4, 0.5) is 21.6 Å². The summed E-state index contributed by atoms with van der Waals surface area (Å²) in [6.45, 7) is 9.29. The number of halogens is 1. The second kappa shape index (κ2) is 8.78. The van der Waals surface area contributed by atoms with Crippen LogP contribution in [0.3, 0.4) is 0 Å². The van der Waals surface area contributed by atoms with Crippen LogP contribution in [-0.2, 0) is 0 Å². The van der Waals surface area contributed by atoms with Crippen molar-refractivity contribution >= 4 is 28.2 Å². The third-order valence-electron chi connectivity index (χ3n) is 6.16. The Kier molecular flexibility index (Phi) is 5.68. The quantitative estimate of drug-likeness (QED) is 0.408. The van der Waals surface area contributed by atoms with E-state index in [1.54, 1.807) is 18.3 Å². The molecule has 0 bridgehead atoms. The van der Waals surface area contributed by atoms with Gasteiger partial charge in [-0.1, -0.05) is 13.8 Å². The summed E-state index contributed by atoms with van der Waals surface area (Å²) in [4.78, 5) is 19.7. The lowest BCUT2D eigenvalue weighted by molar-refractivity contribution is 0.502. The number of benzene rings is 1. The van der Waals surface area contributed by atoms with Crippen molar-refractivity contribution in [2.45, 2.75) is 32.7 Å². The number of aromatic nitrogens is 4. The van der Waals surface area contributed by atoms with Crippen molar-refractivity contribution in [3.8, 4) is 11.4 Å². The van der Waals surface area contributed by atoms with Crippen LogP contribution in [-0.4, -0.2) is 45.6 Å². The topological polar surface area (TPSA) is 81.8 Å². The fourth-order valence-electron chi connectivity index (χ4n) is 4.35. The molecule has 1 atom stereocenters. The second-order valence-electron chi connectivity index (χ2n) is 8.79. The number of aromatic amines is 1. The highest BCUT2D eigenvalue weighted by molar-refractivity contribution is 6.01. The van der Waals surface area contributed by atoms with Gasteiger partial charge in [-0.2, -0.15) is 0 Å². The smallest absolute Gasteiger partial charge is 0.161 e. The highest BCUT2D eigenvalue weighted by Gasteiger charge is 2.23. The number of anilines is 3. The Balaban J connectivity index is 1.58. The Morgan fingerprint density at radius 3 is 2.73 bits per heavy atom. The molecule has 4 aromatic rings. The molecule has 0 amide bonds. The summed E-state index contributed by atoms with van der Waals surface area (Å²) in [5, 5.41) is 8.07.